The molecule has 0 aliphatic carbocycles. The van der Waals surface area contributed by atoms with Crippen molar-refractivity contribution in [1.29, 1.82) is 5.41 Å². The molecule has 0 atom stereocenters. The highest BCUT2D eigenvalue weighted by molar-refractivity contribution is 9.10. The summed E-state index contributed by atoms with van der Waals surface area (Å²) in [6.07, 6.45) is 0.553. The highest BCUT2D eigenvalue weighted by Crippen LogP contribution is 2.34. The van der Waals surface area contributed by atoms with Gasteiger partial charge in [-0.2, -0.15) is 0 Å². The summed E-state index contributed by atoms with van der Waals surface area (Å²) >= 11 is 3.16. The maximum absolute atomic E-state index is 10.8. The minimum atomic E-state index is -0.476. The largest absolute Gasteiger partial charge is 0.492 e. The van der Waals surface area contributed by atoms with Gasteiger partial charge < -0.3 is 10.5 Å². The normalized spacial score (nSPS) is 11.1. The molecule has 0 aliphatic heterocycles. The molecule has 0 bridgehead atoms. The number of nitrogens with two attached hydrogens (primary N) is 1. The van der Waals surface area contributed by atoms with Crippen molar-refractivity contribution in [3.8, 4) is 5.75 Å². The molecule has 6 nitrogen and oxygen atoms in total. The van der Waals surface area contributed by atoms with Crippen LogP contribution in [0.15, 0.2) is 22.7 Å². The SMILES string of the molecule is CC(C)(CCOc1cccc([N+](=O)[O-])c1Br)C(=N)N. The van der Waals surface area contributed by atoms with Gasteiger partial charge in [0.2, 0.25) is 0 Å². The molecule has 0 aromatic heterocycles. The molecular formula is C12H16BrN3O3. The van der Waals surface area contributed by atoms with E-state index >= 15 is 0 Å². The fourth-order valence-corrected chi connectivity index (χ4v) is 1.83. The molecule has 0 unspecified atom stereocenters. The Balaban J connectivity index is 2.72. The van der Waals surface area contributed by atoms with Gasteiger partial charge in [-0.25, -0.2) is 0 Å². The lowest BCUT2D eigenvalue weighted by atomic mass is 9.88. The Morgan fingerprint density at radius 2 is 2.21 bits per heavy atom. The van der Waals surface area contributed by atoms with E-state index in [9.17, 15) is 10.1 Å². The van der Waals surface area contributed by atoms with Gasteiger partial charge in [0, 0.05) is 11.5 Å². The van der Waals surface area contributed by atoms with E-state index in [1.165, 1.54) is 6.07 Å². The molecule has 0 heterocycles. The number of nitrogens with one attached hydrogen (secondary N) is 1. The second-order valence-corrected chi connectivity index (χ2v) is 5.54. The number of hydrogen-bond donors (Lipinski definition) is 2. The summed E-state index contributed by atoms with van der Waals surface area (Å²) in [4.78, 5) is 10.3. The topological polar surface area (TPSA) is 102 Å². The number of benzene rings is 1. The number of ether oxygens (including phenoxy) is 1. The summed E-state index contributed by atoms with van der Waals surface area (Å²) < 4.78 is 5.83. The molecule has 0 saturated carbocycles. The predicted octanol–water partition coefficient (Wildman–Crippen LogP) is 3.09. The van der Waals surface area contributed by atoms with Gasteiger partial charge in [-0.1, -0.05) is 19.9 Å². The van der Waals surface area contributed by atoms with E-state index in [0.717, 1.165) is 0 Å². The maximum Gasteiger partial charge on any atom is 0.287 e. The number of nitrogens with zero attached hydrogens (tertiary/aromatic N) is 1. The predicted molar refractivity (Wildman–Crippen MR) is 76.6 cm³/mol. The van der Waals surface area contributed by atoms with Crippen LogP contribution in [0.5, 0.6) is 5.75 Å². The molecule has 0 amide bonds. The number of nitro groups is 1. The minimum absolute atomic E-state index is 0.0386. The first-order valence-electron chi connectivity index (χ1n) is 5.66. The average molecular weight is 330 g/mol. The molecule has 0 radical (unpaired) electrons. The van der Waals surface area contributed by atoms with E-state index in [4.69, 9.17) is 15.9 Å². The van der Waals surface area contributed by atoms with Crippen LogP contribution in [0.25, 0.3) is 0 Å². The molecule has 7 heteroatoms. The zero-order valence-electron chi connectivity index (χ0n) is 10.8. The van der Waals surface area contributed by atoms with Gasteiger partial charge in [0.25, 0.3) is 5.69 Å². The highest BCUT2D eigenvalue weighted by atomic mass is 79.9. The van der Waals surface area contributed by atoms with Crippen LogP contribution in [-0.4, -0.2) is 17.4 Å². The Labute approximate surface area is 119 Å². The third-order valence-corrected chi connectivity index (χ3v) is 3.65. The van der Waals surface area contributed by atoms with E-state index in [1.807, 2.05) is 13.8 Å². The zero-order valence-corrected chi connectivity index (χ0v) is 12.4. The molecule has 0 fully saturated rings. The number of rotatable bonds is 6. The number of halogens is 1. The van der Waals surface area contributed by atoms with Gasteiger partial charge in [0.1, 0.15) is 10.2 Å². The molecule has 1 rings (SSSR count). The van der Waals surface area contributed by atoms with Crippen LogP contribution in [-0.2, 0) is 0 Å². The van der Waals surface area contributed by atoms with Gasteiger partial charge in [-0.05, 0) is 28.4 Å². The van der Waals surface area contributed by atoms with Crippen molar-refractivity contribution in [3.63, 3.8) is 0 Å². The van der Waals surface area contributed by atoms with Crippen molar-refractivity contribution in [3.05, 3.63) is 32.8 Å². The van der Waals surface area contributed by atoms with Gasteiger partial charge >= 0.3 is 0 Å². The van der Waals surface area contributed by atoms with Crippen LogP contribution in [0.2, 0.25) is 0 Å². The first kappa shape index (κ1) is 15.4. The third kappa shape index (κ3) is 3.92. The van der Waals surface area contributed by atoms with E-state index in [2.05, 4.69) is 15.9 Å². The molecule has 1 aromatic carbocycles. The number of amidine groups is 1. The Kier molecular flexibility index (Phi) is 4.88. The van der Waals surface area contributed by atoms with Crippen molar-refractivity contribution in [2.75, 3.05) is 6.61 Å². The first-order chi connectivity index (χ1) is 8.75. The minimum Gasteiger partial charge on any atom is -0.492 e. The molecular weight excluding hydrogens is 314 g/mol. The lowest BCUT2D eigenvalue weighted by molar-refractivity contribution is -0.385. The molecule has 19 heavy (non-hydrogen) atoms. The van der Waals surface area contributed by atoms with Gasteiger partial charge in [0.05, 0.1) is 17.4 Å². The molecule has 0 aliphatic rings. The monoisotopic (exact) mass is 329 g/mol. The Morgan fingerprint density at radius 1 is 1.58 bits per heavy atom. The number of hydrogen-bond acceptors (Lipinski definition) is 4. The van der Waals surface area contributed by atoms with Crippen molar-refractivity contribution >= 4 is 27.5 Å². The van der Waals surface area contributed by atoms with Crippen LogP contribution in [0.1, 0.15) is 20.3 Å². The average Bonchev–Trinajstić information content (AvgIpc) is 2.30. The van der Waals surface area contributed by atoms with Crippen LogP contribution < -0.4 is 10.5 Å². The quantitative estimate of drug-likeness (QED) is 0.362. The van der Waals surface area contributed by atoms with Gasteiger partial charge in [0.15, 0.2) is 0 Å². The number of nitro benzene ring substituents is 1. The third-order valence-electron chi connectivity index (χ3n) is 2.85. The maximum atomic E-state index is 10.8. The molecule has 0 saturated heterocycles. The van der Waals surface area contributed by atoms with Gasteiger partial charge in [-0.3, -0.25) is 15.5 Å². The summed E-state index contributed by atoms with van der Waals surface area (Å²) in [5.41, 5.74) is 4.98. The fourth-order valence-electron chi connectivity index (χ4n) is 1.30. The molecule has 0 spiro atoms. The smallest absolute Gasteiger partial charge is 0.287 e. The first-order valence-corrected chi connectivity index (χ1v) is 6.45. The van der Waals surface area contributed by atoms with Crippen molar-refractivity contribution in [2.45, 2.75) is 20.3 Å². The van der Waals surface area contributed by atoms with Crippen LogP contribution in [0.4, 0.5) is 5.69 Å². The van der Waals surface area contributed by atoms with Crippen molar-refractivity contribution in [1.82, 2.24) is 0 Å². The van der Waals surface area contributed by atoms with Crippen LogP contribution in [0.3, 0.4) is 0 Å². The molecule has 3 N–H and O–H groups in total. The highest BCUT2D eigenvalue weighted by Gasteiger charge is 2.22. The van der Waals surface area contributed by atoms with Crippen LogP contribution in [0, 0.1) is 20.9 Å². The second kappa shape index (κ2) is 6.01. The lowest BCUT2D eigenvalue weighted by Crippen LogP contribution is -2.32. The summed E-state index contributed by atoms with van der Waals surface area (Å²) in [5, 5.41) is 18.2. The fraction of sp³-hybridized carbons (Fsp3) is 0.417. The van der Waals surface area contributed by atoms with Gasteiger partial charge in [-0.15, -0.1) is 0 Å². The van der Waals surface area contributed by atoms with E-state index in [1.54, 1.807) is 12.1 Å². The van der Waals surface area contributed by atoms with E-state index < -0.39 is 10.3 Å². The van der Waals surface area contributed by atoms with Crippen molar-refractivity contribution < 1.29 is 9.66 Å². The Bertz CT molecular complexity index is 503. The molecule has 1 aromatic rings. The Hall–Kier alpha value is -1.63. The molecule has 104 valence electrons. The van der Waals surface area contributed by atoms with E-state index in [0.29, 0.717) is 23.2 Å². The summed E-state index contributed by atoms with van der Waals surface area (Å²) in [7, 11) is 0. The lowest BCUT2D eigenvalue weighted by Gasteiger charge is -2.22. The summed E-state index contributed by atoms with van der Waals surface area (Å²) in [6, 6.07) is 4.61. The van der Waals surface area contributed by atoms with E-state index in [-0.39, 0.29) is 11.5 Å². The summed E-state index contributed by atoms with van der Waals surface area (Å²) in [6.45, 7) is 4.02. The zero-order chi connectivity index (χ0) is 14.6. The second-order valence-electron chi connectivity index (χ2n) is 4.74. The van der Waals surface area contributed by atoms with Crippen molar-refractivity contribution in [2.24, 2.45) is 11.1 Å². The standard InChI is InChI=1S/C12H16BrN3O3/c1-12(2,11(14)15)6-7-19-9-5-3-4-8(10(9)13)16(17)18/h3-5H,6-7H2,1-2H3,(H3,14,15). The summed E-state index contributed by atoms with van der Waals surface area (Å²) in [5.74, 6) is 0.503. The Morgan fingerprint density at radius 3 is 2.74 bits per heavy atom. The van der Waals surface area contributed by atoms with Crippen LogP contribution >= 0.6 is 15.9 Å².